The standard InChI is InChI=1S/C16H15N3OS/c1-2-10-9-21-15-6-17-13(5-12(10)15)16(20)18-14-8-19-4-3-11(14)7-19/h1,5-6,9,11,14H,3-4,7-8H2,(H,18,20). The van der Waals surface area contributed by atoms with Crippen LogP contribution in [0.2, 0.25) is 0 Å². The Kier molecular flexibility index (Phi) is 2.95. The second-order valence-corrected chi connectivity index (χ2v) is 6.66. The van der Waals surface area contributed by atoms with Crippen LogP contribution in [-0.4, -0.2) is 41.5 Å². The molecular weight excluding hydrogens is 282 g/mol. The van der Waals surface area contributed by atoms with Crippen LogP contribution in [0, 0.1) is 18.3 Å². The van der Waals surface area contributed by atoms with Crippen LogP contribution in [0.5, 0.6) is 0 Å². The van der Waals surface area contributed by atoms with E-state index in [1.165, 1.54) is 13.0 Å². The molecule has 21 heavy (non-hydrogen) atoms. The molecule has 4 nitrogen and oxygen atoms in total. The monoisotopic (exact) mass is 297 g/mol. The quantitative estimate of drug-likeness (QED) is 0.858. The van der Waals surface area contributed by atoms with Gasteiger partial charge < -0.3 is 10.2 Å². The summed E-state index contributed by atoms with van der Waals surface area (Å²) in [6.45, 7) is 3.25. The van der Waals surface area contributed by atoms with Gasteiger partial charge in [-0.05, 0) is 24.9 Å². The number of terminal acetylenes is 1. The number of hydrogen-bond donors (Lipinski definition) is 1. The average molecular weight is 297 g/mol. The molecule has 0 aromatic carbocycles. The number of pyridine rings is 1. The lowest BCUT2D eigenvalue weighted by Crippen LogP contribution is -2.43. The number of nitrogens with zero attached hydrogens (tertiary/aromatic N) is 2. The Labute approximate surface area is 127 Å². The van der Waals surface area contributed by atoms with E-state index < -0.39 is 0 Å². The first-order valence-corrected chi connectivity index (χ1v) is 7.99. The van der Waals surface area contributed by atoms with Gasteiger partial charge in [-0.2, -0.15) is 0 Å². The maximum absolute atomic E-state index is 12.4. The molecule has 0 aliphatic carbocycles. The van der Waals surface area contributed by atoms with Crippen LogP contribution in [0.1, 0.15) is 22.5 Å². The molecule has 1 amide bonds. The van der Waals surface area contributed by atoms with Crippen LogP contribution < -0.4 is 5.32 Å². The lowest BCUT2D eigenvalue weighted by atomic mass is 10.00. The maximum atomic E-state index is 12.4. The Morgan fingerprint density at radius 1 is 1.52 bits per heavy atom. The van der Waals surface area contributed by atoms with E-state index in [1.807, 2.05) is 11.4 Å². The molecular formula is C16H15N3OS. The molecule has 2 bridgehead atoms. The fraction of sp³-hybridized carbons (Fsp3) is 0.375. The summed E-state index contributed by atoms with van der Waals surface area (Å²) >= 11 is 1.56. The number of amides is 1. The van der Waals surface area contributed by atoms with E-state index in [0.717, 1.165) is 28.7 Å². The van der Waals surface area contributed by atoms with E-state index in [9.17, 15) is 4.79 Å². The van der Waals surface area contributed by atoms with Crippen molar-refractivity contribution in [2.75, 3.05) is 19.6 Å². The summed E-state index contributed by atoms with van der Waals surface area (Å²) in [5.74, 6) is 3.16. The molecule has 4 rings (SSSR count). The van der Waals surface area contributed by atoms with Crippen LogP contribution in [0.25, 0.3) is 10.1 Å². The topological polar surface area (TPSA) is 45.2 Å². The molecule has 2 fully saturated rings. The van der Waals surface area contributed by atoms with Gasteiger partial charge in [0.2, 0.25) is 0 Å². The first kappa shape index (κ1) is 12.8. The number of nitrogens with one attached hydrogen (secondary N) is 1. The third-order valence-corrected chi connectivity index (χ3v) is 5.43. The molecule has 0 saturated carbocycles. The van der Waals surface area contributed by atoms with Crippen molar-refractivity contribution in [1.82, 2.24) is 15.2 Å². The number of carbonyl (C=O) groups excluding carboxylic acids is 1. The maximum Gasteiger partial charge on any atom is 0.270 e. The number of fused-ring (bicyclic) bond motifs is 3. The Morgan fingerprint density at radius 2 is 2.43 bits per heavy atom. The van der Waals surface area contributed by atoms with Gasteiger partial charge in [-0.3, -0.25) is 4.79 Å². The molecule has 0 radical (unpaired) electrons. The zero-order chi connectivity index (χ0) is 14.4. The van der Waals surface area contributed by atoms with Gasteiger partial charge in [-0.1, -0.05) is 5.92 Å². The van der Waals surface area contributed by atoms with Crippen molar-refractivity contribution in [2.24, 2.45) is 5.92 Å². The minimum Gasteiger partial charge on any atom is -0.346 e. The van der Waals surface area contributed by atoms with Crippen molar-refractivity contribution in [2.45, 2.75) is 12.5 Å². The van der Waals surface area contributed by atoms with Gasteiger partial charge in [-0.15, -0.1) is 17.8 Å². The first-order chi connectivity index (χ1) is 10.2. The van der Waals surface area contributed by atoms with Crippen molar-refractivity contribution >= 4 is 27.3 Å². The zero-order valence-electron chi connectivity index (χ0n) is 11.5. The summed E-state index contributed by atoms with van der Waals surface area (Å²) in [6, 6.07) is 2.07. The van der Waals surface area contributed by atoms with Crippen LogP contribution in [0.4, 0.5) is 0 Å². The molecule has 2 aromatic rings. The van der Waals surface area contributed by atoms with Gasteiger partial charge >= 0.3 is 0 Å². The minimum absolute atomic E-state index is 0.0928. The number of hydrogen-bond acceptors (Lipinski definition) is 4. The number of rotatable bonds is 2. The second kappa shape index (κ2) is 4.83. The van der Waals surface area contributed by atoms with Gasteiger partial charge in [0, 0.05) is 41.7 Å². The molecule has 1 N–H and O–H groups in total. The number of carbonyl (C=O) groups is 1. The molecule has 2 aromatic heterocycles. The summed E-state index contributed by atoms with van der Waals surface area (Å²) in [4.78, 5) is 19.1. The van der Waals surface area contributed by atoms with Gasteiger partial charge in [-0.25, -0.2) is 4.98 Å². The SMILES string of the molecule is C#Cc1csc2cnc(C(=O)NC3CN4CCC3C4)cc12. The Hall–Kier alpha value is -1.90. The summed E-state index contributed by atoms with van der Waals surface area (Å²) in [7, 11) is 0. The average Bonchev–Trinajstić information content (AvgIpc) is 3.21. The van der Waals surface area contributed by atoms with Gasteiger partial charge in [0.1, 0.15) is 5.69 Å². The summed E-state index contributed by atoms with van der Waals surface area (Å²) < 4.78 is 1.02. The highest BCUT2D eigenvalue weighted by atomic mass is 32.1. The summed E-state index contributed by atoms with van der Waals surface area (Å²) in [6.07, 6.45) is 8.41. The van der Waals surface area contributed by atoms with Crippen LogP contribution in [0.15, 0.2) is 17.6 Å². The zero-order valence-corrected chi connectivity index (χ0v) is 12.3. The molecule has 4 heterocycles. The Bertz CT molecular complexity index is 760. The highest BCUT2D eigenvalue weighted by molar-refractivity contribution is 7.17. The van der Waals surface area contributed by atoms with Crippen molar-refractivity contribution in [1.29, 1.82) is 0 Å². The fourth-order valence-electron chi connectivity index (χ4n) is 3.36. The van der Waals surface area contributed by atoms with Gasteiger partial charge in [0.25, 0.3) is 5.91 Å². The van der Waals surface area contributed by atoms with E-state index >= 15 is 0 Å². The second-order valence-electron chi connectivity index (χ2n) is 5.75. The third kappa shape index (κ3) is 2.11. The molecule has 2 aliphatic heterocycles. The largest absolute Gasteiger partial charge is 0.346 e. The highest BCUT2D eigenvalue weighted by Gasteiger charge is 2.38. The van der Waals surface area contributed by atoms with Crippen LogP contribution in [0.3, 0.4) is 0 Å². The minimum atomic E-state index is -0.0928. The molecule has 0 spiro atoms. The molecule has 106 valence electrons. The van der Waals surface area contributed by atoms with E-state index in [1.54, 1.807) is 17.5 Å². The van der Waals surface area contributed by atoms with Crippen molar-refractivity contribution in [3.05, 3.63) is 28.9 Å². The van der Waals surface area contributed by atoms with Crippen LogP contribution in [-0.2, 0) is 0 Å². The molecule has 2 saturated heterocycles. The number of thiophene rings is 1. The summed E-state index contributed by atoms with van der Waals surface area (Å²) in [5, 5.41) is 6.00. The van der Waals surface area contributed by atoms with E-state index in [-0.39, 0.29) is 11.9 Å². The number of piperidine rings is 1. The summed E-state index contributed by atoms with van der Waals surface area (Å²) in [5.41, 5.74) is 1.28. The lowest BCUT2D eigenvalue weighted by Gasteiger charge is -2.22. The predicted octanol–water partition coefficient (Wildman–Crippen LogP) is 1.71. The number of aromatic nitrogens is 1. The lowest BCUT2D eigenvalue weighted by molar-refractivity contribution is 0.0919. The van der Waals surface area contributed by atoms with Gasteiger partial charge in [0.05, 0.1) is 4.70 Å². The Balaban J connectivity index is 1.58. The van der Waals surface area contributed by atoms with Crippen molar-refractivity contribution in [3.63, 3.8) is 0 Å². The van der Waals surface area contributed by atoms with E-state index in [0.29, 0.717) is 11.6 Å². The molecule has 3 atom stereocenters. The normalized spacial score (nSPS) is 26.9. The first-order valence-electron chi connectivity index (χ1n) is 7.11. The van der Waals surface area contributed by atoms with Crippen molar-refractivity contribution < 1.29 is 4.79 Å². The van der Waals surface area contributed by atoms with Crippen molar-refractivity contribution in [3.8, 4) is 12.3 Å². The van der Waals surface area contributed by atoms with Gasteiger partial charge in [0.15, 0.2) is 0 Å². The van der Waals surface area contributed by atoms with E-state index in [4.69, 9.17) is 6.42 Å². The third-order valence-electron chi connectivity index (χ3n) is 4.50. The molecule has 3 unspecified atom stereocenters. The predicted molar refractivity (Wildman–Crippen MR) is 83.4 cm³/mol. The van der Waals surface area contributed by atoms with Crippen LogP contribution >= 0.6 is 11.3 Å². The molecule has 2 aliphatic rings. The Morgan fingerprint density at radius 3 is 3.14 bits per heavy atom. The smallest absolute Gasteiger partial charge is 0.270 e. The molecule has 5 heteroatoms. The van der Waals surface area contributed by atoms with E-state index in [2.05, 4.69) is 21.1 Å². The fourth-order valence-corrected chi connectivity index (χ4v) is 4.21. The highest BCUT2D eigenvalue weighted by Crippen LogP contribution is 2.28.